The van der Waals surface area contributed by atoms with E-state index in [1.165, 1.54) is 11.1 Å². The fraction of sp³-hybridized carbons (Fsp3) is 0.500. The van der Waals surface area contributed by atoms with Crippen LogP contribution in [0.1, 0.15) is 44.2 Å². The summed E-state index contributed by atoms with van der Waals surface area (Å²) in [6, 6.07) is 16.7. The summed E-state index contributed by atoms with van der Waals surface area (Å²) in [5.74, 6) is 1.44. The maximum absolute atomic E-state index is 13.5. The van der Waals surface area contributed by atoms with Crippen molar-refractivity contribution in [2.75, 3.05) is 44.7 Å². The summed E-state index contributed by atoms with van der Waals surface area (Å²) in [7, 11) is 1.69. The van der Waals surface area contributed by atoms with Crippen LogP contribution < -0.4 is 9.64 Å². The van der Waals surface area contributed by atoms with Crippen LogP contribution in [-0.2, 0) is 11.3 Å². The summed E-state index contributed by atoms with van der Waals surface area (Å²) in [5.41, 5.74) is 3.40. The largest absolute Gasteiger partial charge is 0.497 e. The van der Waals surface area contributed by atoms with Crippen molar-refractivity contribution in [3.63, 3.8) is 0 Å². The van der Waals surface area contributed by atoms with E-state index in [0.29, 0.717) is 12.5 Å². The molecule has 5 heteroatoms. The fourth-order valence-electron chi connectivity index (χ4n) is 5.22. The average Bonchev–Trinajstić information content (AvgIpc) is 2.75. The van der Waals surface area contributed by atoms with E-state index in [1.807, 2.05) is 11.0 Å². The third-order valence-electron chi connectivity index (χ3n) is 6.74. The molecule has 2 aromatic carbocycles. The molecule has 0 radical (unpaired) electrons. The number of hydrogen-bond donors (Lipinski definition) is 0. The van der Waals surface area contributed by atoms with Crippen molar-refractivity contribution in [2.45, 2.75) is 45.2 Å². The van der Waals surface area contributed by atoms with Gasteiger partial charge in [0, 0.05) is 44.0 Å². The Morgan fingerprint density at radius 3 is 2.39 bits per heavy atom. The highest BCUT2D eigenvalue weighted by Crippen LogP contribution is 2.44. The normalized spacial score (nSPS) is 21.5. The molecule has 1 fully saturated rings. The Labute approximate surface area is 186 Å². The molecule has 0 spiro atoms. The SMILES string of the molecule is COc1ccc2c(c1)[C@H](C)CC(C)(C)N2C(=O)CN1CCN(Cc2ccccc2)CC1. The van der Waals surface area contributed by atoms with Crippen LogP contribution in [-0.4, -0.2) is 61.1 Å². The van der Waals surface area contributed by atoms with Gasteiger partial charge in [-0.15, -0.1) is 0 Å². The second kappa shape index (κ2) is 9.01. The first-order valence-corrected chi connectivity index (χ1v) is 11.4. The van der Waals surface area contributed by atoms with Crippen LogP contribution in [0.5, 0.6) is 5.75 Å². The number of benzene rings is 2. The third-order valence-corrected chi connectivity index (χ3v) is 6.74. The van der Waals surface area contributed by atoms with Gasteiger partial charge in [-0.1, -0.05) is 37.3 Å². The van der Waals surface area contributed by atoms with E-state index in [-0.39, 0.29) is 11.4 Å². The van der Waals surface area contributed by atoms with Crippen LogP contribution in [0.3, 0.4) is 0 Å². The minimum atomic E-state index is -0.201. The van der Waals surface area contributed by atoms with Gasteiger partial charge in [0.2, 0.25) is 5.91 Å². The summed E-state index contributed by atoms with van der Waals surface area (Å²) in [5, 5.41) is 0. The van der Waals surface area contributed by atoms with Crippen molar-refractivity contribution >= 4 is 11.6 Å². The van der Waals surface area contributed by atoms with Gasteiger partial charge in [-0.3, -0.25) is 14.6 Å². The lowest BCUT2D eigenvalue weighted by atomic mass is 9.80. The minimum Gasteiger partial charge on any atom is -0.497 e. The Kier molecular flexibility index (Phi) is 6.35. The van der Waals surface area contributed by atoms with Gasteiger partial charge in [-0.05, 0) is 55.5 Å². The molecule has 2 heterocycles. The number of piperazine rings is 1. The van der Waals surface area contributed by atoms with E-state index in [2.05, 4.69) is 73.0 Å². The zero-order valence-electron chi connectivity index (χ0n) is 19.3. The van der Waals surface area contributed by atoms with E-state index in [4.69, 9.17) is 4.74 Å². The lowest BCUT2D eigenvalue weighted by Gasteiger charge is -2.47. The second-order valence-corrected chi connectivity index (χ2v) is 9.61. The maximum atomic E-state index is 13.5. The molecule has 31 heavy (non-hydrogen) atoms. The molecule has 0 bridgehead atoms. The van der Waals surface area contributed by atoms with Gasteiger partial charge in [0.05, 0.1) is 13.7 Å². The molecule has 2 aliphatic heterocycles. The fourth-order valence-corrected chi connectivity index (χ4v) is 5.22. The van der Waals surface area contributed by atoms with Crippen molar-refractivity contribution in [1.82, 2.24) is 9.80 Å². The first-order chi connectivity index (χ1) is 14.9. The van der Waals surface area contributed by atoms with Crippen LogP contribution in [0.2, 0.25) is 0 Å². The van der Waals surface area contributed by atoms with E-state index in [9.17, 15) is 4.79 Å². The molecule has 0 aliphatic carbocycles. The molecule has 0 N–H and O–H groups in total. The Hall–Kier alpha value is -2.37. The van der Waals surface area contributed by atoms with Gasteiger partial charge in [0.15, 0.2) is 0 Å². The lowest BCUT2D eigenvalue weighted by molar-refractivity contribution is -0.121. The van der Waals surface area contributed by atoms with Crippen molar-refractivity contribution < 1.29 is 9.53 Å². The molecule has 0 aromatic heterocycles. The molecule has 5 nitrogen and oxygen atoms in total. The quantitative estimate of drug-likeness (QED) is 0.727. The predicted molar refractivity (Wildman–Crippen MR) is 126 cm³/mol. The first-order valence-electron chi connectivity index (χ1n) is 11.4. The van der Waals surface area contributed by atoms with Gasteiger partial charge in [0.25, 0.3) is 0 Å². The first kappa shape index (κ1) is 21.8. The molecule has 166 valence electrons. The summed E-state index contributed by atoms with van der Waals surface area (Å²) >= 11 is 0. The van der Waals surface area contributed by atoms with Crippen molar-refractivity contribution in [3.05, 3.63) is 59.7 Å². The van der Waals surface area contributed by atoms with Crippen LogP contribution >= 0.6 is 0 Å². The van der Waals surface area contributed by atoms with E-state index in [1.54, 1.807) is 7.11 Å². The van der Waals surface area contributed by atoms with E-state index < -0.39 is 0 Å². The molecule has 2 aromatic rings. The predicted octanol–water partition coefficient (Wildman–Crippen LogP) is 4.13. The van der Waals surface area contributed by atoms with Crippen LogP contribution in [0, 0.1) is 0 Å². The summed E-state index contributed by atoms with van der Waals surface area (Å²) < 4.78 is 5.43. The molecule has 0 saturated carbocycles. The molecule has 2 aliphatic rings. The van der Waals surface area contributed by atoms with Crippen molar-refractivity contribution in [2.24, 2.45) is 0 Å². The highest BCUT2D eigenvalue weighted by molar-refractivity contribution is 5.97. The molecular formula is C26H35N3O2. The van der Waals surface area contributed by atoms with Gasteiger partial charge in [0.1, 0.15) is 5.75 Å². The highest BCUT2D eigenvalue weighted by atomic mass is 16.5. The molecule has 4 rings (SSSR count). The Balaban J connectivity index is 1.42. The number of amides is 1. The highest BCUT2D eigenvalue weighted by Gasteiger charge is 2.40. The zero-order valence-corrected chi connectivity index (χ0v) is 19.3. The molecule has 1 saturated heterocycles. The number of nitrogens with zero attached hydrogens (tertiary/aromatic N) is 3. The van der Waals surface area contributed by atoms with Gasteiger partial charge >= 0.3 is 0 Å². The average molecular weight is 422 g/mol. The summed E-state index contributed by atoms with van der Waals surface area (Å²) in [6.07, 6.45) is 0.948. The summed E-state index contributed by atoms with van der Waals surface area (Å²) in [4.78, 5) is 20.3. The Morgan fingerprint density at radius 2 is 1.71 bits per heavy atom. The van der Waals surface area contributed by atoms with Crippen LogP contribution in [0.4, 0.5) is 5.69 Å². The number of carbonyl (C=O) groups is 1. The van der Waals surface area contributed by atoms with Crippen molar-refractivity contribution in [1.29, 1.82) is 0 Å². The van der Waals surface area contributed by atoms with Gasteiger partial charge in [-0.2, -0.15) is 0 Å². The number of hydrogen-bond acceptors (Lipinski definition) is 4. The summed E-state index contributed by atoms with van der Waals surface area (Å²) in [6.45, 7) is 11.9. The van der Waals surface area contributed by atoms with Gasteiger partial charge < -0.3 is 9.64 Å². The second-order valence-electron chi connectivity index (χ2n) is 9.61. The Bertz CT molecular complexity index is 904. The number of carbonyl (C=O) groups excluding carboxylic acids is 1. The number of fused-ring (bicyclic) bond motifs is 1. The third kappa shape index (κ3) is 4.78. The smallest absolute Gasteiger partial charge is 0.241 e. The molecular weight excluding hydrogens is 386 g/mol. The van der Waals surface area contributed by atoms with Crippen LogP contribution in [0.15, 0.2) is 48.5 Å². The molecule has 0 unspecified atom stereocenters. The monoisotopic (exact) mass is 421 g/mol. The standard InChI is InChI=1S/C26H35N3O2/c1-20-17-26(2,3)29(24-11-10-22(31-4)16-23(20)24)25(30)19-28-14-12-27(13-15-28)18-21-8-6-5-7-9-21/h5-11,16,20H,12-15,17-19H2,1-4H3/t20-/m1/s1. The van der Waals surface area contributed by atoms with E-state index >= 15 is 0 Å². The van der Waals surface area contributed by atoms with E-state index in [0.717, 1.165) is 50.6 Å². The minimum absolute atomic E-state index is 0.194. The zero-order chi connectivity index (χ0) is 22.0. The maximum Gasteiger partial charge on any atom is 0.241 e. The Morgan fingerprint density at radius 1 is 1.03 bits per heavy atom. The lowest BCUT2D eigenvalue weighted by Crippen LogP contribution is -2.56. The number of rotatable bonds is 5. The number of ether oxygens (including phenoxy) is 1. The number of anilines is 1. The molecule has 1 atom stereocenters. The number of methoxy groups -OCH3 is 1. The van der Waals surface area contributed by atoms with Crippen molar-refractivity contribution in [3.8, 4) is 5.75 Å². The topological polar surface area (TPSA) is 36.0 Å². The molecule has 1 amide bonds. The van der Waals surface area contributed by atoms with Crippen LogP contribution in [0.25, 0.3) is 0 Å². The van der Waals surface area contributed by atoms with Gasteiger partial charge in [-0.25, -0.2) is 0 Å².